The number of aryl methyl sites for hydroxylation is 3. The molecule has 1 N–H and O–H groups in total. The first kappa shape index (κ1) is 19.3. The molecule has 31 heavy (non-hydrogen) atoms. The van der Waals surface area contributed by atoms with E-state index in [4.69, 9.17) is 13.3 Å². The number of pyridine rings is 1. The summed E-state index contributed by atoms with van der Waals surface area (Å²) in [6, 6.07) is 11.2. The molecule has 0 amide bonds. The van der Waals surface area contributed by atoms with Crippen LogP contribution in [0, 0.1) is 20.8 Å². The Balaban J connectivity index is 1.59. The monoisotopic (exact) mass is 414 g/mol. The van der Waals surface area contributed by atoms with Crippen molar-refractivity contribution in [3.8, 4) is 11.3 Å². The van der Waals surface area contributed by atoms with E-state index in [1.807, 2.05) is 57.3 Å². The smallest absolute Gasteiger partial charge is 0.336 e. The van der Waals surface area contributed by atoms with Crippen molar-refractivity contribution >= 4 is 21.9 Å². The standard InChI is InChI=1S/C25H22N2O4/c1-14-7-20-21(10-24(28)30-22(20)8-15(14)2)23-9-19-17(12-27-16(3)25(19)31-23)11-26-13-18-5-4-6-29-18/h4-10,12,26H,11,13H2,1-3H3. The highest BCUT2D eigenvalue weighted by Gasteiger charge is 2.17. The van der Waals surface area contributed by atoms with Gasteiger partial charge in [0.25, 0.3) is 0 Å². The van der Waals surface area contributed by atoms with E-state index < -0.39 is 5.63 Å². The Hall–Kier alpha value is -3.64. The van der Waals surface area contributed by atoms with E-state index in [9.17, 15) is 4.79 Å². The fourth-order valence-corrected chi connectivity index (χ4v) is 3.83. The van der Waals surface area contributed by atoms with Gasteiger partial charge in [-0.25, -0.2) is 4.79 Å². The third kappa shape index (κ3) is 3.55. The minimum Gasteiger partial charge on any atom is -0.468 e. The van der Waals surface area contributed by atoms with Crippen molar-refractivity contribution in [2.45, 2.75) is 33.9 Å². The largest absolute Gasteiger partial charge is 0.468 e. The Morgan fingerprint density at radius 1 is 0.968 bits per heavy atom. The number of hydrogen-bond acceptors (Lipinski definition) is 6. The summed E-state index contributed by atoms with van der Waals surface area (Å²) in [5.74, 6) is 1.50. The Morgan fingerprint density at radius 3 is 2.61 bits per heavy atom. The summed E-state index contributed by atoms with van der Waals surface area (Å²) < 4.78 is 17.0. The van der Waals surface area contributed by atoms with Crippen LogP contribution in [-0.2, 0) is 13.1 Å². The van der Waals surface area contributed by atoms with Gasteiger partial charge in [0, 0.05) is 35.1 Å². The zero-order valence-corrected chi connectivity index (χ0v) is 17.6. The van der Waals surface area contributed by atoms with Crippen molar-refractivity contribution < 1.29 is 13.3 Å². The number of nitrogens with one attached hydrogen (secondary N) is 1. The summed E-state index contributed by atoms with van der Waals surface area (Å²) in [4.78, 5) is 16.7. The first-order chi connectivity index (χ1) is 15.0. The van der Waals surface area contributed by atoms with Crippen LogP contribution in [0.2, 0.25) is 0 Å². The molecule has 4 aromatic heterocycles. The molecular formula is C25H22N2O4. The van der Waals surface area contributed by atoms with E-state index in [0.29, 0.717) is 24.4 Å². The maximum Gasteiger partial charge on any atom is 0.336 e. The van der Waals surface area contributed by atoms with Crippen molar-refractivity contribution in [2.24, 2.45) is 0 Å². The number of nitrogens with zero attached hydrogens (tertiary/aromatic N) is 1. The molecule has 0 radical (unpaired) electrons. The Kier molecular flexibility index (Phi) is 4.71. The van der Waals surface area contributed by atoms with Gasteiger partial charge >= 0.3 is 5.63 Å². The Bertz CT molecular complexity index is 1460. The van der Waals surface area contributed by atoms with Crippen LogP contribution >= 0.6 is 0 Å². The number of fused-ring (bicyclic) bond motifs is 2. The fourth-order valence-electron chi connectivity index (χ4n) is 3.83. The van der Waals surface area contributed by atoms with E-state index in [1.165, 1.54) is 6.07 Å². The van der Waals surface area contributed by atoms with Gasteiger partial charge in [0.2, 0.25) is 0 Å². The third-order valence-corrected chi connectivity index (χ3v) is 5.64. The van der Waals surface area contributed by atoms with Crippen molar-refractivity contribution in [3.63, 3.8) is 0 Å². The molecule has 4 heterocycles. The van der Waals surface area contributed by atoms with Gasteiger partial charge in [0.15, 0.2) is 5.58 Å². The lowest BCUT2D eigenvalue weighted by molar-refractivity contribution is 0.483. The summed E-state index contributed by atoms with van der Waals surface area (Å²) in [6.45, 7) is 7.19. The summed E-state index contributed by atoms with van der Waals surface area (Å²) in [5, 5.41) is 5.20. The molecule has 0 saturated carbocycles. The maximum atomic E-state index is 12.2. The van der Waals surface area contributed by atoms with Gasteiger partial charge in [0.1, 0.15) is 17.1 Å². The molecule has 5 aromatic rings. The highest BCUT2D eigenvalue weighted by atomic mass is 16.4. The van der Waals surface area contributed by atoms with Crippen LogP contribution in [0.1, 0.15) is 28.1 Å². The van der Waals surface area contributed by atoms with Gasteiger partial charge < -0.3 is 18.6 Å². The van der Waals surface area contributed by atoms with Gasteiger partial charge in [0.05, 0.1) is 18.5 Å². The van der Waals surface area contributed by atoms with Crippen molar-refractivity contribution in [1.29, 1.82) is 0 Å². The zero-order chi connectivity index (χ0) is 21.5. The summed E-state index contributed by atoms with van der Waals surface area (Å²) in [5.41, 5.74) is 5.61. The van der Waals surface area contributed by atoms with Gasteiger partial charge in [-0.1, -0.05) is 0 Å². The maximum absolute atomic E-state index is 12.2. The molecule has 0 saturated heterocycles. The average Bonchev–Trinajstić information content (AvgIpc) is 3.41. The van der Waals surface area contributed by atoms with E-state index >= 15 is 0 Å². The first-order valence-electron chi connectivity index (χ1n) is 10.2. The van der Waals surface area contributed by atoms with Crippen LogP contribution in [-0.4, -0.2) is 4.98 Å². The second-order valence-electron chi connectivity index (χ2n) is 7.82. The predicted molar refractivity (Wildman–Crippen MR) is 119 cm³/mol. The molecule has 0 unspecified atom stereocenters. The molecule has 0 fully saturated rings. The predicted octanol–water partition coefficient (Wildman–Crippen LogP) is 5.41. The van der Waals surface area contributed by atoms with E-state index in [2.05, 4.69) is 10.3 Å². The summed E-state index contributed by atoms with van der Waals surface area (Å²) in [6.07, 6.45) is 3.52. The molecular weight excluding hydrogens is 392 g/mol. The molecule has 0 bridgehead atoms. The Labute approximate surface area is 178 Å². The molecule has 1 aromatic carbocycles. The molecule has 156 valence electrons. The average molecular weight is 414 g/mol. The number of benzene rings is 1. The van der Waals surface area contributed by atoms with E-state index in [1.54, 1.807) is 6.26 Å². The lowest BCUT2D eigenvalue weighted by Gasteiger charge is -2.06. The number of rotatable bonds is 5. The van der Waals surface area contributed by atoms with Crippen molar-refractivity contribution in [3.05, 3.63) is 87.4 Å². The van der Waals surface area contributed by atoms with Crippen LogP contribution < -0.4 is 10.9 Å². The van der Waals surface area contributed by atoms with E-state index in [0.717, 1.165) is 50.1 Å². The summed E-state index contributed by atoms with van der Waals surface area (Å²) in [7, 11) is 0. The number of hydrogen-bond donors (Lipinski definition) is 1. The highest BCUT2D eigenvalue weighted by Crippen LogP contribution is 2.35. The molecule has 0 aliphatic rings. The molecule has 0 spiro atoms. The van der Waals surface area contributed by atoms with Crippen LogP contribution in [0.15, 0.2) is 66.9 Å². The second-order valence-corrected chi connectivity index (χ2v) is 7.82. The topological polar surface area (TPSA) is 81.4 Å². The quantitative estimate of drug-likeness (QED) is 0.387. The van der Waals surface area contributed by atoms with Crippen LogP contribution in [0.25, 0.3) is 33.3 Å². The normalized spacial score (nSPS) is 11.6. The molecule has 0 aliphatic heterocycles. The molecule has 6 nitrogen and oxygen atoms in total. The lowest BCUT2D eigenvalue weighted by Crippen LogP contribution is -2.12. The zero-order valence-electron chi connectivity index (χ0n) is 17.6. The van der Waals surface area contributed by atoms with Crippen molar-refractivity contribution in [1.82, 2.24) is 10.3 Å². The lowest BCUT2D eigenvalue weighted by atomic mass is 10.0. The van der Waals surface area contributed by atoms with Gasteiger partial charge in [-0.15, -0.1) is 0 Å². The SMILES string of the molecule is Cc1cc2oc(=O)cc(-c3cc4c(CNCc5ccco5)cnc(C)c4o3)c2cc1C. The van der Waals surface area contributed by atoms with Gasteiger partial charge in [-0.3, -0.25) is 4.98 Å². The number of furan rings is 2. The van der Waals surface area contributed by atoms with Crippen molar-refractivity contribution in [2.75, 3.05) is 0 Å². The van der Waals surface area contributed by atoms with Crippen LogP contribution in [0.4, 0.5) is 0 Å². The fraction of sp³-hybridized carbons (Fsp3) is 0.200. The molecule has 6 heteroatoms. The third-order valence-electron chi connectivity index (χ3n) is 5.64. The Morgan fingerprint density at radius 2 is 1.81 bits per heavy atom. The minimum absolute atomic E-state index is 0.401. The van der Waals surface area contributed by atoms with E-state index in [-0.39, 0.29) is 0 Å². The molecule has 5 rings (SSSR count). The molecule has 0 atom stereocenters. The van der Waals surface area contributed by atoms with Gasteiger partial charge in [-0.2, -0.15) is 0 Å². The minimum atomic E-state index is -0.401. The van der Waals surface area contributed by atoms with Crippen LogP contribution in [0.5, 0.6) is 0 Å². The van der Waals surface area contributed by atoms with Gasteiger partial charge in [-0.05, 0) is 67.8 Å². The summed E-state index contributed by atoms with van der Waals surface area (Å²) >= 11 is 0. The number of aromatic nitrogens is 1. The second kappa shape index (κ2) is 7.56. The first-order valence-corrected chi connectivity index (χ1v) is 10.2. The highest BCUT2D eigenvalue weighted by molar-refractivity contribution is 5.96. The van der Waals surface area contributed by atoms with Crippen LogP contribution in [0.3, 0.4) is 0 Å². The molecule has 0 aliphatic carbocycles.